The predicted molar refractivity (Wildman–Crippen MR) is 61.8 cm³/mol. The molecule has 0 spiro atoms. The van der Waals surface area contributed by atoms with Crippen LogP contribution in [-0.2, 0) is 0 Å². The summed E-state index contributed by atoms with van der Waals surface area (Å²) in [5, 5.41) is 3.64. The second-order valence-electron chi connectivity index (χ2n) is 5.11. The van der Waals surface area contributed by atoms with Crippen molar-refractivity contribution in [2.45, 2.75) is 38.6 Å². The van der Waals surface area contributed by atoms with Crippen molar-refractivity contribution in [3.05, 3.63) is 24.0 Å². The van der Waals surface area contributed by atoms with Gasteiger partial charge in [-0.05, 0) is 50.2 Å². The number of rotatable bonds is 2. The Labute approximate surface area is 91.1 Å². The molecule has 1 aromatic heterocycles. The van der Waals surface area contributed by atoms with Crippen LogP contribution in [0.25, 0.3) is 0 Å². The minimum absolute atomic E-state index is 0.716. The van der Waals surface area contributed by atoms with Crippen LogP contribution < -0.4 is 5.32 Å². The van der Waals surface area contributed by atoms with Crippen molar-refractivity contribution in [3.8, 4) is 0 Å². The molecular weight excluding hydrogens is 184 g/mol. The molecule has 2 fully saturated rings. The second-order valence-corrected chi connectivity index (χ2v) is 5.11. The maximum atomic E-state index is 4.32. The van der Waals surface area contributed by atoms with Crippen LogP contribution in [0.1, 0.15) is 31.4 Å². The van der Waals surface area contributed by atoms with Gasteiger partial charge in [0.15, 0.2) is 0 Å². The molecule has 2 saturated carbocycles. The molecule has 1 heterocycles. The fourth-order valence-corrected chi connectivity index (χ4v) is 3.19. The zero-order valence-corrected chi connectivity index (χ0v) is 9.24. The molecule has 1 N–H and O–H groups in total. The van der Waals surface area contributed by atoms with Crippen LogP contribution in [0.5, 0.6) is 0 Å². The maximum Gasteiger partial charge on any atom is 0.0529 e. The standard InChI is InChI=1S/C13H18N2/c1-9-2-5-12(8-14-9)15-13-7-10-3-4-11(13)6-10/h2,5,8,10-11,13,15H,3-4,6-7H2,1H3/t10-,11-,13-/m1/s1. The number of hydrogen-bond acceptors (Lipinski definition) is 2. The van der Waals surface area contributed by atoms with E-state index in [2.05, 4.69) is 22.4 Å². The number of nitrogens with zero attached hydrogens (tertiary/aromatic N) is 1. The highest BCUT2D eigenvalue weighted by atomic mass is 15.0. The molecule has 2 heteroatoms. The highest BCUT2D eigenvalue weighted by molar-refractivity contribution is 5.42. The fourth-order valence-electron chi connectivity index (χ4n) is 3.19. The molecule has 2 aliphatic rings. The zero-order chi connectivity index (χ0) is 10.3. The summed E-state index contributed by atoms with van der Waals surface area (Å²) < 4.78 is 0. The van der Waals surface area contributed by atoms with Gasteiger partial charge in [0.25, 0.3) is 0 Å². The SMILES string of the molecule is Cc1ccc(N[C@@H]2C[C@@H]3CC[C@@H]2C3)cn1. The second kappa shape index (κ2) is 3.51. The quantitative estimate of drug-likeness (QED) is 0.797. The van der Waals surface area contributed by atoms with Gasteiger partial charge >= 0.3 is 0 Å². The Kier molecular flexibility index (Phi) is 2.15. The van der Waals surface area contributed by atoms with Crippen molar-refractivity contribution in [1.29, 1.82) is 0 Å². The first-order valence-electron chi connectivity index (χ1n) is 6.00. The highest BCUT2D eigenvalue weighted by Gasteiger charge is 2.39. The molecule has 3 atom stereocenters. The Bertz CT molecular complexity index is 344. The van der Waals surface area contributed by atoms with E-state index in [-0.39, 0.29) is 0 Å². The van der Waals surface area contributed by atoms with Gasteiger partial charge in [0.1, 0.15) is 0 Å². The third-order valence-corrected chi connectivity index (χ3v) is 4.00. The van der Waals surface area contributed by atoms with Gasteiger partial charge in [-0.2, -0.15) is 0 Å². The van der Waals surface area contributed by atoms with E-state index in [1.54, 1.807) is 0 Å². The van der Waals surface area contributed by atoms with Gasteiger partial charge in [0.2, 0.25) is 0 Å². The molecule has 2 bridgehead atoms. The predicted octanol–water partition coefficient (Wildman–Crippen LogP) is 2.99. The van der Waals surface area contributed by atoms with E-state index >= 15 is 0 Å². The molecule has 2 nitrogen and oxygen atoms in total. The number of anilines is 1. The van der Waals surface area contributed by atoms with Crippen molar-refractivity contribution in [1.82, 2.24) is 4.98 Å². The van der Waals surface area contributed by atoms with Crippen molar-refractivity contribution >= 4 is 5.69 Å². The number of aromatic nitrogens is 1. The van der Waals surface area contributed by atoms with E-state index in [4.69, 9.17) is 0 Å². The monoisotopic (exact) mass is 202 g/mol. The van der Waals surface area contributed by atoms with Gasteiger partial charge in [-0.1, -0.05) is 6.42 Å². The molecule has 3 rings (SSSR count). The van der Waals surface area contributed by atoms with Gasteiger partial charge in [0.05, 0.1) is 11.9 Å². The Balaban J connectivity index is 1.68. The van der Waals surface area contributed by atoms with Crippen LogP contribution >= 0.6 is 0 Å². The summed E-state index contributed by atoms with van der Waals surface area (Å²) in [5.41, 5.74) is 2.28. The largest absolute Gasteiger partial charge is 0.381 e. The molecule has 80 valence electrons. The minimum atomic E-state index is 0.716. The van der Waals surface area contributed by atoms with E-state index in [0.717, 1.165) is 17.5 Å². The molecule has 0 saturated heterocycles. The Morgan fingerprint density at radius 2 is 2.20 bits per heavy atom. The van der Waals surface area contributed by atoms with Gasteiger partial charge < -0.3 is 5.32 Å². The molecule has 15 heavy (non-hydrogen) atoms. The van der Waals surface area contributed by atoms with Gasteiger partial charge in [0, 0.05) is 11.7 Å². The fraction of sp³-hybridized carbons (Fsp3) is 0.615. The summed E-state index contributed by atoms with van der Waals surface area (Å²) in [6.07, 6.45) is 7.69. The van der Waals surface area contributed by atoms with E-state index in [1.807, 2.05) is 13.1 Å². The van der Waals surface area contributed by atoms with E-state index < -0.39 is 0 Å². The molecule has 2 aliphatic carbocycles. The minimum Gasteiger partial charge on any atom is -0.381 e. The summed E-state index contributed by atoms with van der Waals surface area (Å²) in [5.74, 6) is 1.93. The summed E-state index contributed by atoms with van der Waals surface area (Å²) >= 11 is 0. The summed E-state index contributed by atoms with van der Waals surface area (Å²) in [6.45, 7) is 2.03. The molecule has 0 amide bonds. The van der Waals surface area contributed by atoms with Crippen molar-refractivity contribution in [2.75, 3.05) is 5.32 Å². The lowest BCUT2D eigenvalue weighted by molar-refractivity contribution is 0.439. The first-order valence-corrected chi connectivity index (χ1v) is 6.00. The lowest BCUT2D eigenvalue weighted by atomic mass is 9.95. The highest BCUT2D eigenvalue weighted by Crippen LogP contribution is 2.45. The third kappa shape index (κ3) is 1.73. The number of hydrogen-bond donors (Lipinski definition) is 1. The number of aryl methyl sites for hydroxylation is 1. The first-order chi connectivity index (χ1) is 7.31. The number of nitrogens with one attached hydrogen (secondary N) is 1. The van der Waals surface area contributed by atoms with Crippen molar-refractivity contribution in [3.63, 3.8) is 0 Å². The lowest BCUT2D eigenvalue weighted by Crippen LogP contribution is -2.25. The van der Waals surface area contributed by atoms with Crippen LogP contribution in [0, 0.1) is 18.8 Å². The average molecular weight is 202 g/mol. The van der Waals surface area contributed by atoms with Gasteiger partial charge in [-0.25, -0.2) is 0 Å². The maximum absolute atomic E-state index is 4.32. The molecule has 1 aromatic rings. The third-order valence-electron chi connectivity index (χ3n) is 4.00. The van der Waals surface area contributed by atoms with Crippen LogP contribution in [-0.4, -0.2) is 11.0 Å². The average Bonchev–Trinajstić information content (AvgIpc) is 2.83. The van der Waals surface area contributed by atoms with Crippen molar-refractivity contribution in [2.24, 2.45) is 11.8 Å². The molecular formula is C13H18N2. The smallest absolute Gasteiger partial charge is 0.0529 e. The summed E-state index contributed by atoms with van der Waals surface area (Å²) in [6, 6.07) is 4.94. The van der Waals surface area contributed by atoms with Crippen LogP contribution in [0.3, 0.4) is 0 Å². The molecule has 0 unspecified atom stereocenters. The first kappa shape index (κ1) is 9.20. The van der Waals surface area contributed by atoms with Gasteiger partial charge in [-0.15, -0.1) is 0 Å². The van der Waals surface area contributed by atoms with Crippen molar-refractivity contribution < 1.29 is 0 Å². The zero-order valence-electron chi connectivity index (χ0n) is 9.24. The Hall–Kier alpha value is -1.05. The van der Waals surface area contributed by atoms with E-state index in [9.17, 15) is 0 Å². The van der Waals surface area contributed by atoms with Crippen LogP contribution in [0.15, 0.2) is 18.3 Å². The topological polar surface area (TPSA) is 24.9 Å². The van der Waals surface area contributed by atoms with E-state index in [0.29, 0.717) is 6.04 Å². The number of pyridine rings is 1. The normalized spacial score (nSPS) is 33.3. The van der Waals surface area contributed by atoms with E-state index in [1.165, 1.54) is 31.4 Å². The Morgan fingerprint density at radius 3 is 2.80 bits per heavy atom. The molecule has 0 aliphatic heterocycles. The van der Waals surface area contributed by atoms with Crippen LogP contribution in [0.2, 0.25) is 0 Å². The van der Waals surface area contributed by atoms with Gasteiger partial charge in [-0.3, -0.25) is 4.98 Å². The molecule has 0 aromatic carbocycles. The number of fused-ring (bicyclic) bond motifs is 2. The molecule has 0 radical (unpaired) electrons. The summed E-state index contributed by atoms with van der Waals surface area (Å²) in [7, 11) is 0. The lowest BCUT2D eigenvalue weighted by Gasteiger charge is -2.23. The Morgan fingerprint density at radius 1 is 1.27 bits per heavy atom. The van der Waals surface area contributed by atoms with Crippen LogP contribution in [0.4, 0.5) is 5.69 Å². The summed E-state index contributed by atoms with van der Waals surface area (Å²) in [4.78, 5) is 4.32.